The fourth-order valence-corrected chi connectivity index (χ4v) is 4.08. The van der Waals surface area contributed by atoms with Crippen molar-refractivity contribution in [3.05, 3.63) is 34.8 Å². The smallest absolute Gasteiger partial charge is 0.230 e. The maximum Gasteiger partial charge on any atom is 0.230 e. The number of carbonyl (C=O) groups excluding carboxylic acids is 1. The molecule has 1 aliphatic rings. The number of carbonyl (C=O) groups is 1. The molecular formula is C19H25N3O2S. The van der Waals surface area contributed by atoms with Gasteiger partial charge in [0.25, 0.3) is 0 Å². The molecule has 3 rings (SSSR count). The first-order valence-corrected chi connectivity index (χ1v) is 9.80. The highest BCUT2D eigenvalue weighted by Crippen LogP contribution is 2.35. The van der Waals surface area contributed by atoms with Crippen LogP contribution >= 0.6 is 11.3 Å². The Kier molecular flexibility index (Phi) is 6.02. The molecule has 6 heteroatoms. The summed E-state index contributed by atoms with van der Waals surface area (Å²) in [6, 6.07) is 7.66. The third kappa shape index (κ3) is 5.26. The van der Waals surface area contributed by atoms with Gasteiger partial charge in [-0.05, 0) is 44.4 Å². The van der Waals surface area contributed by atoms with Crippen LogP contribution < -0.4 is 10.1 Å². The van der Waals surface area contributed by atoms with Crippen LogP contribution in [0.2, 0.25) is 0 Å². The third-order valence-corrected chi connectivity index (χ3v) is 5.28. The minimum Gasteiger partial charge on any atom is -0.491 e. The lowest BCUT2D eigenvalue weighted by Gasteiger charge is -2.18. The Balaban J connectivity index is 1.56. The van der Waals surface area contributed by atoms with E-state index >= 15 is 0 Å². The summed E-state index contributed by atoms with van der Waals surface area (Å²) in [5.74, 6) is 1.23. The highest BCUT2D eigenvalue weighted by Gasteiger charge is 2.20. The molecular weight excluding hydrogens is 334 g/mol. The average molecular weight is 359 g/mol. The van der Waals surface area contributed by atoms with Crippen LogP contribution in [0.1, 0.15) is 62.4 Å². The van der Waals surface area contributed by atoms with Gasteiger partial charge in [-0.1, -0.05) is 42.7 Å². The highest BCUT2D eigenvalue weighted by atomic mass is 32.1. The second kappa shape index (κ2) is 8.43. The van der Waals surface area contributed by atoms with Gasteiger partial charge in [-0.2, -0.15) is 0 Å². The Labute approximate surface area is 152 Å². The molecule has 1 fully saturated rings. The molecule has 134 valence electrons. The number of rotatable bonds is 6. The Bertz CT molecular complexity index is 708. The average Bonchev–Trinajstić information content (AvgIpc) is 3.03. The van der Waals surface area contributed by atoms with Gasteiger partial charge in [-0.25, -0.2) is 0 Å². The zero-order valence-corrected chi connectivity index (χ0v) is 15.6. The van der Waals surface area contributed by atoms with Crippen LogP contribution in [0.25, 0.3) is 0 Å². The third-order valence-electron chi connectivity index (χ3n) is 4.28. The van der Waals surface area contributed by atoms with E-state index in [9.17, 15) is 4.79 Å². The summed E-state index contributed by atoms with van der Waals surface area (Å²) in [4.78, 5) is 12.3. The van der Waals surface area contributed by atoms with Crippen molar-refractivity contribution >= 4 is 22.4 Å². The van der Waals surface area contributed by atoms with Crippen LogP contribution in [0.4, 0.5) is 5.13 Å². The first-order chi connectivity index (χ1) is 12.1. The normalized spacial score (nSPS) is 15.3. The maximum atomic E-state index is 12.3. The Morgan fingerprint density at radius 3 is 2.84 bits per heavy atom. The summed E-state index contributed by atoms with van der Waals surface area (Å²) in [5, 5.41) is 13.0. The SMILES string of the molecule is CC(C)Oc1cccc(CC(=O)Nc2nnc(C3CCCCC3)s2)c1. The number of ether oxygens (including phenoxy) is 1. The zero-order chi connectivity index (χ0) is 17.6. The van der Waals surface area contributed by atoms with E-state index in [1.807, 2.05) is 38.1 Å². The number of hydrogen-bond acceptors (Lipinski definition) is 5. The minimum absolute atomic E-state index is 0.0759. The van der Waals surface area contributed by atoms with E-state index in [4.69, 9.17) is 4.74 Å². The van der Waals surface area contributed by atoms with Gasteiger partial charge in [0, 0.05) is 5.92 Å². The number of aromatic nitrogens is 2. The molecule has 1 heterocycles. The van der Waals surface area contributed by atoms with Crippen LogP contribution in [0.3, 0.4) is 0 Å². The number of benzene rings is 1. The van der Waals surface area contributed by atoms with E-state index in [-0.39, 0.29) is 12.0 Å². The Morgan fingerprint density at radius 2 is 2.08 bits per heavy atom. The van der Waals surface area contributed by atoms with Gasteiger partial charge in [-0.3, -0.25) is 4.79 Å². The fourth-order valence-electron chi connectivity index (χ4n) is 3.15. The molecule has 0 radical (unpaired) electrons. The van der Waals surface area contributed by atoms with Crippen molar-refractivity contribution in [3.8, 4) is 5.75 Å². The highest BCUT2D eigenvalue weighted by molar-refractivity contribution is 7.15. The van der Waals surface area contributed by atoms with Gasteiger partial charge < -0.3 is 10.1 Å². The van der Waals surface area contributed by atoms with Crippen molar-refractivity contribution in [2.75, 3.05) is 5.32 Å². The summed E-state index contributed by atoms with van der Waals surface area (Å²) >= 11 is 1.51. The monoisotopic (exact) mass is 359 g/mol. The van der Waals surface area contributed by atoms with Crippen LogP contribution in [-0.2, 0) is 11.2 Å². The Hall–Kier alpha value is -1.95. The van der Waals surface area contributed by atoms with E-state index < -0.39 is 0 Å². The summed E-state index contributed by atoms with van der Waals surface area (Å²) in [5.41, 5.74) is 0.924. The van der Waals surface area contributed by atoms with Gasteiger partial charge in [-0.15, -0.1) is 10.2 Å². The molecule has 0 spiro atoms. The van der Waals surface area contributed by atoms with Gasteiger partial charge in [0.05, 0.1) is 12.5 Å². The van der Waals surface area contributed by atoms with E-state index in [0.717, 1.165) is 16.3 Å². The van der Waals surface area contributed by atoms with E-state index in [0.29, 0.717) is 17.5 Å². The predicted molar refractivity (Wildman–Crippen MR) is 100 cm³/mol. The van der Waals surface area contributed by atoms with E-state index in [1.54, 1.807) is 0 Å². The molecule has 1 aromatic heterocycles. The molecule has 1 saturated carbocycles. The lowest BCUT2D eigenvalue weighted by Crippen LogP contribution is -2.14. The number of nitrogens with zero attached hydrogens (tertiary/aromatic N) is 2. The fraction of sp³-hybridized carbons (Fsp3) is 0.526. The van der Waals surface area contributed by atoms with Crippen molar-refractivity contribution in [1.29, 1.82) is 0 Å². The second-order valence-corrected chi connectivity index (χ2v) is 7.83. The van der Waals surface area contributed by atoms with Crippen LogP contribution in [0.5, 0.6) is 5.75 Å². The van der Waals surface area contributed by atoms with Crippen molar-refractivity contribution < 1.29 is 9.53 Å². The number of hydrogen-bond donors (Lipinski definition) is 1. The molecule has 0 unspecified atom stereocenters. The molecule has 0 bridgehead atoms. The predicted octanol–water partition coefficient (Wildman–Crippen LogP) is 4.55. The maximum absolute atomic E-state index is 12.3. The molecule has 5 nitrogen and oxygen atoms in total. The largest absolute Gasteiger partial charge is 0.491 e. The van der Waals surface area contributed by atoms with E-state index in [2.05, 4.69) is 15.5 Å². The number of anilines is 1. The molecule has 1 N–H and O–H groups in total. The zero-order valence-electron chi connectivity index (χ0n) is 14.8. The van der Waals surface area contributed by atoms with Crippen LogP contribution in [0.15, 0.2) is 24.3 Å². The molecule has 0 atom stereocenters. The topological polar surface area (TPSA) is 64.1 Å². The van der Waals surface area contributed by atoms with Gasteiger partial charge >= 0.3 is 0 Å². The number of amides is 1. The molecule has 25 heavy (non-hydrogen) atoms. The molecule has 1 amide bonds. The first-order valence-electron chi connectivity index (χ1n) is 8.99. The van der Waals surface area contributed by atoms with Crippen LogP contribution in [-0.4, -0.2) is 22.2 Å². The lowest BCUT2D eigenvalue weighted by molar-refractivity contribution is -0.115. The molecule has 0 aliphatic heterocycles. The van der Waals surface area contributed by atoms with E-state index in [1.165, 1.54) is 43.4 Å². The first kappa shape index (κ1) is 17.9. The summed E-state index contributed by atoms with van der Waals surface area (Å²) in [6.45, 7) is 3.97. The van der Waals surface area contributed by atoms with Crippen molar-refractivity contribution in [2.24, 2.45) is 0 Å². The lowest BCUT2D eigenvalue weighted by atomic mass is 9.90. The van der Waals surface area contributed by atoms with Gasteiger partial charge in [0.15, 0.2) is 0 Å². The summed E-state index contributed by atoms with van der Waals surface area (Å²) in [7, 11) is 0. The molecule has 1 aliphatic carbocycles. The Morgan fingerprint density at radius 1 is 1.28 bits per heavy atom. The molecule has 1 aromatic carbocycles. The summed E-state index contributed by atoms with van der Waals surface area (Å²) in [6.07, 6.45) is 6.63. The summed E-state index contributed by atoms with van der Waals surface area (Å²) < 4.78 is 5.67. The van der Waals surface area contributed by atoms with Crippen LogP contribution in [0, 0.1) is 0 Å². The van der Waals surface area contributed by atoms with Gasteiger partial charge in [0.1, 0.15) is 10.8 Å². The number of nitrogens with one attached hydrogen (secondary N) is 1. The van der Waals surface area contributed by atoms with Gasteiger partial charge in [0.2, 0.25) is 11.0 Å². The second-order valence-electron chi connectivity index (χ2n) is 6.82. The quantitative estimate of drug-likeness (QED) is 0.821. The van der Waals surface area contributed by atoms with Crippen molar-refractivity contribution in [3.63, 3.8) is 0 Å². The molecule has 0 saturated heterocycles. The standard InChI is InChI=1S/C19H25N3O2S/c1-13(2)24-16-10-6-7-14(11-16)12-17(23)20-19-22-21-18(25-19)15-8-4-3-5-9-15/h6-7,10-11,13,15H,3-5,8-9,12H2,1-2H3,(H,20,22,23). The van der Waals surface area contributed by atoms with Crippen molar-refractivity contribution in [1.82, 2.24) is 10.2 Å². The molecule has 2 aromatic rings. The van der Waals surface area contributed by atoms with Crippen molar-refractivity contribution in [2.45, 2.75) is 64.4 Å². The minimum atomic E-state index is -0.0759.